The van der Waals surface area contributed by atoms with Crippen molar-refractivity contribution in [2.24, 2.45) is 0 Å². The molecule has 2 saturated heterocycles. The van der Waals surface area contributed by atoms with Crippen LogP contribution in [0.25, 0.3) is 0 Å². The maximum absolute atomic E-state index is 11.9. The molecule has 1 aromatic carbocycles. The summed E-state index contributed by atoms with van der Waals surface area (Å²) in [5.74, 6) is 0.190. The van der Waals surface area contributed by atoms with Crippen LogP contribution in [0.1, 0.15) is 40.5 Å². The van der Waals surface area contributed by atoms with Crippen molar-refractivity contribution in [3.8, 4) is 0 Å². The van der Waals surface area contributed by atoms with E-state index >= 15 is 0 Å². The summed E-state index contributed by atoms with van der Waals surface area (Å²) >= 11 is 3.60. The van der Waals surface area contributed by atoms with Crippen molar-refractivity contribution in [2.75, 3.05) is 11.4 Å². The summed E-state index contributed by atoms with van der Waals surface area (Å²) in [4.78, 5) is 13.7. The third kappa shape index (κ3) is 2.61. The predicted molar refractivity (Wildman–Crippen MR) is 91.4 cm³/mol. The minimum absolute atomic E-state index is 0.190. The van der Waals surface area contributed by atoms with Gasteiger partial charge in [0.1, 0.15) is 0 Å². The second kappa shape index (κ2) is 5.36. The van der Waals surface area contributed by atoms with Crippen molar-refractivity contribution in [3.63, 3.8) is 0 Å². The van der Waals surface area contributed by atoms with Crippen molar-refractivity contribution in [2.45, 2.75) is 51.7 Å². The molecule has 3 rings (SSSR count). The molecular formula is C16H21BBrNO3. The molecule has 1 aromatic rings. The number of hydrogen-bond donors (Lipinski definition) is 0. The number of rotatable bonds is 2. The fourth-order valence-electron chi connectivity index (χ4n) is 2.77. The van der Waals surface area contributed by atoms with Gasteiger partial charge in [-0.25, -0.2) is 0 Å². The molecule has 0 radical (unpaired) electrons. The van der Waals surface area contributed by atoms with E-state index in [1.165, 1.54) is 0 Å². The summed E-state index contributed by atoms with van der Waals surface area (Å²) in [6.45, 7) is 8.95. The number of nitrogens with zero attached hydrogens (tertiary/aromatic N) is 1. The molecule has 2 aliphatic heterocycles. The van der Waals surface area contributed by atoms with Gasteiger partial charge in [-0.1, -0.05) is 22.0 Å². The summed E-state index contributed by atoms with van der Waals surface area (Å²) in [6, 6.07) is 5.92. The zero-order chi connectivity index (χ0) is 16.1. The smallest absolute Gasteiger partial charge is 0.399 e. The fraction of sp³-hybridized carbons (Fsp3) is 0.562. The van der Waals surface area contributed by atoms with E-state index in [-0.39, 0.29) is 17.1 Å². The van der Waals surface area contributed by atoms with E-state index in [2.05, 4.69) is 15.9 Å². The number of carbonyl (C=O) groups is 1. The summed E-state index contributed by atoms with van der Waals surface area (Å²) in [5, 5.41) is 0. The first-order chi connectivity index (χ1) is 10.2. The van der Waals surface area contributed by atoms with Crippen molar-refractivity contribution in [1.29, 1.82) is 0 Å². The molecule has 2 aliphatic rings. The minimum atomic E-state index is -0.400. The maximum Gasteiger partial charge on any atom is 0.495 e. The van der Waals surface area contributed by atoms with Crippen LogP contribution in [0.5, 0.6) is 0 Å². The third-order valence-electron chi connectivity index (χ3n) is 4.88. The highest BCUT2D eigenvalue weighted by Gasteiger charge is 2.52. The molecule has 0 N–H and O–H groups in total. The van der Waals surface area contributed by atoms with Crippen LogP contribution in [0.15, 0.2) is 22.7 Å². The zero-order valence-corrected chi connectivity index (χ0v) is 15.1. The first kappa shape index (κ1) is 16.0. The quantitative estimate of drug-likeness (QED) is 0.756. The van der Waals surface area contributed by atoms with E-state index in [4.69, 9.17) is 9.31 Å². The summed E-state index contributed by atoms with van der Waals surface area (Å²) in [6.07, 6.45) is 1.56. The Morgan fingerprint density at radius 1 is 1.18 bits per heavy atom. The molecule has 4 nitrogen and oxygen atoms in total. The average Bonchev–Trinajstić information content (AvgIpc) is 2.91. The second-order valence-corrected chi connectivity index (χ2v) is 7.80. The molecule has 22 heavy (non-hydrogen) atoms. The largest absolute Gasteiger partial charge is 0.495 e. The van der Waals surface area contributed by atoms with Gasteiger partial charge in [-0.15, -0.1) is 0 Å². The molecule has 0 unspecified atom stereocenters. The number of carbonyl (C=O) groups excluding carboxylic acids is 1. The Morgan fingerprint density at radius 3 is 2.32 bits per heavy atom. The SMILES string of the molecule is CC1(C)OB(c2ccc(N3CCCC3=O)cc2Br)OC1(C)C. The lowest BCUT2D eigenvalue weighted by molar-refractivity contribution is -0.117. The van der Waals surface area contributed by atoms with Crippen LogP contribution >= 0.6 is 15.9 Å². The average molecular weight is 366 g/mol. The van der Waals surface area contributed by atoms with Gasteiger partial charge in [0.25, 0.3) is 0 Å². The molecule has 2 heterocycles. The highest BCUT2D eigenvalue weighted by molar-refractivity contribution is 9.10. The first-order valence-electron chi connectivity index (χ1n) is 7.67. The van der Waals surface area contributed by atoms with Gasteiger partial charge in [-0.05, 0) is 51.7 Å². The van der Waals surface area contributed by atoms with Gasteiger partial charge in [-0.3, -0.25) is 4.79 Å². The highest BCUT2D eigenvalue weighted by Crippen LogP contribution is 2.37. The lowest BCUT2D eigenvalue weighted by Gasteiger charge is -2.32. The van der Waals surface area contributed by atoms with E-state index in [0.717, 1.165) is 28.6 Å². The number of hydrogen-bond acceptors (Lipinski definition) is 3. The summed E-state index contributed by atoms with van der Waals surface area (Å²) < 4.78 is 13.1. The van der Waals surface area contributed by atoms with Gasteiger partial charge >= 0.3 is 7.12 Å². The normalized spacial score (nSPS) is 23.4. The first-order valence-corrected chi connectivity index (χ1v) is 8.46. The van der Waals surface area contributed by atoms with Crippen molar-refractivity contribution < 1.29 is 14.1 Å². The van der Waals surface area contributed by atoms with Crippen LogP contribution in [0.2, 0.25) is 0 Å². The Balaban J connectivity index is 1.86. The van der Waals surface area contributed by atoms with Crippen LogP contribution in [-0.4, -0.2) is 30.8 Å². The topological polar surface area (TPSA) is 38.8 Å². The number of benzene rings is 1. The lowest BCUT2D eigenvalue weighted by atomic mass is 9.79. The van der Waals surface area contributed by atoms with Crippen LogP contribution in [-0.2, 0) is 14.1 Å². The van der Waals surface area contributed by atoms with E-state index in [1.54, 1.807) is 0 Å². The van der Waals surface area contributed by atoms with Gasteiger partial charge in [0.2, 0.25) is 5.91 Å². The van der Waals surface area contributed by atoms with E-state index < -0.39 is 7.12 Å². The molecule has 6 heteroatoms. The van der Waals surface area contributed by atoms with E-state index in [9.17, 15) is 4.79 Å². The number of halogens is 1. The summed E-state index contributed by atoms with van der Waals surface area (Å²) in [5.41, 5.74) is 1.16. The molecule has 0 aliphatic carbocycles. The van der Waals surface area contributed by atoms with Gasteiger partial charge in [-0.2, -0.15) is 0 Å². The molecule has 1 amide bonds. The Labute approximate surface area is 140 Å². The van der Waals surface area contributed by atoms with Crippen molar-refractivity contribution in [3.05, 3.63) is 22.7 Å². The van der Waals surface area contributed by atoms with E-state index in [1.807, 2.05) is 50.8 Å². The van der Waals surface area contributed by atoms with Crippen LogP contribution < -0.4 is 10.4 Å². The lowest BCUT2D eigenvalue weighted by Crippen LogP contribution is -2.41. The fourth-order valence-corrected chi connectivity index (χ4v) is 3.32. The van der Waals surface area contributed by atoms with Crippen molar-refractivity contribution >= 4 is 40.1 Å². The Morgan fingerprint density at radius 2 is 1.82 bits per heavy atom. The molecule has 0 saturated carbocycles. The Hall–Kier alpha value is -0.845. The maximum atomic E-state index is 11.9. The van der Waals surface area contributed by atoms with Crippen LogP contribution in [0.4, 0.5) is 5.69 Å². The minimum Gasteiger partial charge on any atom is -0.399 e. The third-order valence-corrected chi connectivity index (χ3v) is 5.56. The molecule has 0 spiro atoms. The number of anilines is 1. The van der Waals surface area contributed by atoms with Gasteiger partial charge in [0.05, 0.1) is 11.2 Å². The molecule has 118 valence electrons. The zero-order valence-electron chi connectivity index (χ0n) is 13.5. The highest BCUT2D eigenvalue weighted by atomic mass is 79.9. The van der Waals surface area contributed by atoms with Gasteiger partial charge in [0, 0.05) is 23.1 Å². The molecule has 0 aromatic heterocycles. The van der Waals surface area contributed by atoms with Crippen LogP contribution in [0.3, 0.4) is 0 Å². The van der Waals surface area contributed by atoms with Crippen molar-refractivity contribution in [1.82, 2.24) is 0 Å². The molecule has 0 bridgehead atoms. The molecular weight excluding hydrogens is 345 g/mol. The van der Waals surface area contributed by atoms with Gasteiger partial charge in [0.15, 0.2) is 0 Å². The van der Waals surface area contributed by atoms with Crippen LogP contribution in [0, 0.1) is 0 Å². The predicted octanol–water partition coefficient (Wildman–Crippen LogP) is 2.88. The standard InChI is InChI=1S/C16H21BBrNO3/c1-15(2)16(3,4)22-17(21-15)12-8-7-11(10-13(12)18)19-9-5-6-14(19)20/h7-8,10H,5-6,9H2,1-4H3. The monoisotopic (exact) mass is 365 g/mol. The van der Waals surface area contributed by atoms with E-state index in [0.29, 0.717) is 6.42 Å². The Bertz CT molecular complexity index is 601. The second-order valence-electron chi connectivity index (χ2n) is 6.94. The molecule has 2 fully saturated rings. The Kier molecular flexibility index (Phi) is 3.90. The summed E-state index contributed by atoms with van der Waals surface area (Å²) in [7, 11) is -0.400. The molecule has 0 atom stereocenters. The number of amides is 1. The van der Waals surface area contributed by atoms with Gasteiger partial charge < -0.3 is 14.2 Å².